The fraction of sp³-hybridized carbons (Fsp3) is 0.222. The van der Waals surface area contributed by atoms with Gasteiger partial charge in [0.1, 0.15) is 22.8 Å². The molecule has 0 aliphatic carbocycles. The summed E-state index contributed by atoms with van der Waals surface area (Å²) in [5.41, 5.74) is 6.32. The summed E-state index contributed by atoms with van der Waals surface area (Å²) in [6.07, 6.45) is 0.531. The number of hydroxylamine groups is 2. The minimum atomic E-state index is -1.30. The van der Waals surface area contributed by atoms with Crippen LogP contribution in [0.1, 0.15) is 28.6 Å². The van der Waals surface area contributed by atoms with Gasteiger partial charge in [0.2, 0.25) is 0 Å². The molecule has 4 N–H and O–H groups in total. The second-order valence-corrected chi connectivity index (χ2v) is 7.06. The highest BCUT2D eigenvalue weighted by Gasteiger charge is 2.20. The summed E-state index contributed by atoms with van der Waals surface area (Å²) < 4.78 is 13.8. The van der Waals surface area contributed by atoms with Gasteiger partial charge in [0.15, 0.2) is 5.75 Å². The smallest absolute Gasteiger partial charge is 0.440 e. The normalized spacial score (nSPS) is 10.7. The van der Waals surface area contributed by atoms with Crippen molar-refractivity contribution < 1.29 is 23.9 Å². The molecule has 2 amide bonds. The van der Waals surface area contributed by atoms with E-state index in [4.69, 9.17) is 10.6 Å². The zero-order valence-corrected chi connectivity index (χ0v) is 16.4. The topological polar surface area (TPSA) is 131 Å². The first-order valence-electron chi connectivity index (χ1n) is 8.60. The number of benzene rings is 1. The maximum Gasteiger partial charge on any atom is 0.440 e. The van der Waals surface area contributed by atoms with Crippen LogP contribution in [0.3, 0.4) is 0 Å². The summed E-state index contributed by atoms with van der Waals surface area (Å²) >= 11 is 1.14. The maximum atomic E-state index is 13.8. The average molecular weight is 419 g/mol. The lowest BCUT2D eigenvalue weighted by Gasteiger charge is -2.20. The van der Waals surface area contributed by atoms with Crippen molar-refractivity contribution in [1.82, 2.24) is 15.0 Å². The summed E-state index contributed by atoms with van der Waals surface area (Å²) in [4.78, 5) is 37.7. The van der Waals surface area contributed by atoms with Crippen LogP contribution in [0, 0.1) is 12.7 Å². The molecule has 152 valence electrons. The molecule has 2 aromatic heterocycles. The van der Waals surface area contributed by atoms with Crippen LogP contribution in [-0.2, 0) is 0 Å². The van der Waals surface area contributed by atoms with Crippen LogP contribution in [0.5, 0.6) is 5.75 Å². The van der Waals surface area contributed by atoms with Crippen molar-refractivity contribution in [3.8, 4) is 5.75 Å². The zero-order chi connectivity index (χ0) is 21.1. The van der Waals surface area contributed by atoms with Crippen LogP contribution < -0.4 is 15.9 Å². The number of fused-ring (bicyclic) bond motifs is 1. The number of thiophene rings is 1. The number of carbonyl (C=O) groups excluding carboxylic acids is 1. The number of amides is 2. The van der Waals surface area contributed by atoms with Crippen LogP contribution >= 0.6 is 11.3 Å². The molecule has 0 unspecified atom stereocenters. The Hall–Kier alpha value is -3.47. The first kappa shape index (κ1) is 20.3. The number of anilines is 2. The van der Waals surface area contributed by atoms with Gasteiger partial charge in [-0.15, -0.1) is 16.4 Å². The molecule has 2 heterocycles. The molecule has 0 spiro atoms. The molecule has 0 radical (unpaired) electrons. The van der Waals surface area contributed by atoms with Gasteiger partial charge in [-0.2, -0.15) is 0 Å². The quantitative estimate of drug-likeness (QED) is 0.498. The summed E-state index contributed by atoms with van der Waals surface area (Å²) in [6, 6.07) is 3.68. The summed E-state index contributed by atoms with van der Waals surface area (Å²) in [5, 5.41) is 13.6. The average Bonchev–Trinajstić information content (AvgIpc) is 3.01. The van der Waals surface area contributed by atoms with Crippen LogP contribution in [0.25, 0.3) is 10.2 Å². The van der Waals surface area contributed by atoms with Gasteiger partial charge < -0.3 is 21.0 Å². The Morgan fingerprint density at radius 3 is 2.79 bits per heavy atom. The van der Waals surface area contributed by atoms with Crippen LogP contribution in [-0.4, -0.2) is 38.7 Å². The van der Waals surface area contributed by atoms with Gasteiger partial charge >= 0.3 is 6.09 Å². The summed E-state index contributed by atoms with van der Waals surface area (Å²) in [6.45, 7) is 3.62. The largest absolute Gasteiger partial charge is 0.463 e. The molecule has 0 saturated carbocycles. The van der Waals surface area contributed by atoms with Crippen molar-refractivity contribution in [3.63, 3.8) is 0 Å². The third-order valence-electron chi connectivity index (χ3n) is 4.00. The molecule has 0 atom stereocenters. The first-order valence-corrected chi connectivity index (χ1v) is 9.42. The van der Waals surface area contributed by atoms with Gasteiger partial charge in [-0.1, -0.05) is 6.92 Å². The fourth-order valence-corrected chi connectivity index (χ4v) is 3.71. The highest BCUT2D eigenvalue weighted by molar-refractivity contribution is 7.20. The number of rotatable bonds is 7. The van der Waals surface area contributed by atoms with E-state index in [1.807, 2.05) is 0 Å². The molecule has 0 saturated heterocycles. The molecule has 3 aromatic rings. The van der Waals surface area contributed by atoms with Crippen molar-refractivity contribution in [1.29, 1.82) is 0 Å². The number of nitrogens with two attached hydrogens (primary N) is 1. The number of aryl methyl sites for hydroxylation is 1. The van der Waals surface area contributed by atoms with Gasteiger partial charge in [0, 0.05) is 6.07 Å². The van der Waals surface area contributed by atoms with E-state index in [-0.39, 0.29) is 12.3 Å². The standard InChI is InChI=1S/C18H18FN5O4S/c1-3-6-24(18(26)27)28-12-7-10(19)4-5-11(12)23-16-13-9(2)14(15(20)25)29-17(13)22-8-21-16/h4-5,7-8H,3,6H2,1-2H3,(H2,20,25)(H,26,27)(H,21,22,23). The Kier molecular flexibility index (Phi) is 5.78. The molecular formula is C18H18FN5O4S. The second kappa shape index (κ2) is 8.27. The fourth-order valence-electron chi connectivity index (χ4n) is 2.71. The van der Waals surface area contributed by atoms with E-state index < -0.39 is 17.8 Å². The first-order chi connectivity index (χ1) is 13.8. The molecule has 0 bridgehead atoms. The molecule has 0 aliphatic heterocycles. The predicted molar refractivity (Wildman–Crippen MR) is 106 cm³/mol. The van der Waals surface area contributed by atoms with Crippen LogP contribution in [0.4, 0.5) is 20.7 Å². The Labute approximate surface area is 168 Å². The van der Waals surface area contributed by atoms with E-state index in [0.717, 1.165) is 22.5 Å². The molecule has 9 nitrogen and oxygen atoms in total. The lowest BCUT2D eigenvalue weighted by atomic mass is 10.2. The highest BCUT2D eigenvalue weighted by Crippen LogP contribution is 2.36. The van der Waals surface area contributed by atoms with Crippen molar-refractivity contribution in [2.24, 2.45) is 5.73 Å². The van der Waals surface area contributed by atoms with Gasteiger partial charge in [-0.3, -0.25) is 4.79 Å². The van der Waals surface area contributed by atoms with Crippen molar-refractivity contribution >= 4 is 45.1 Å². The number of primary amides is 1. The SMILES string of the molecule is CCCN(Oc1cc(F)ccc1Nc1ncnc2sc(C(N)=O)c(C)c12)C(=O)O. The lowest BCUT2D eigenvalue weighted by Crippen LogP contribution is -2.33. The number of nitrogens with zero attached hydrogens (tertiary/aromatic N) is 3. The number of halogens is 1. The Bertz CT molecular complexity index is 1090. The van der Waals surface area contributed by atoms with Gasteiger partial charge in [-0.25, -0.2) is 19.2 Å². The maximum absolute atomic E-state index is 13.8. The third-order valence-corrected chi connectivity index (χ3v) is 5.21. The molecule has 0 aliphatic rings. The minimum absolute atomic E-state index is 0.0318. The van der Waals surface area contributed by atoms with Gasteiger partial charge in [-0.05, 0) is 31.0 Å². The van der Waals surface area contributed by atoms with Crippen molar-refractivity contribution in [2.75, 3.05) is 11.9 Å². The molecule has 11 heteroatoms. The third kappa shape index (κ3) is 4.19. The number of aromatic nitrogens is 2. The molecule has 0 fully saturated rings. The zero-order valence-electron chi connectivity index (χ0n) is 15.6. The highest BCUT2D eigenvalue weighted by atomic mass is 32.1. The van der Waals surface area contributed by atoms with Gasteiger partial charge in [0.25, 0.3) is 5.91 Å². The number of carbonyl (C=O) groups is 2. The Morgan fingerprint density at radius 2 is 2.14 bits per heavy atom. The molecular weight excluding hydrogens is 401 g/mol. The van der Waals surface area contributed by atoms with E-state index in [2.05, 4.69) is 15.3 Å². The van der Waals surface area contributed by atoms with Gasteiger partial charge in [0.05, 0.1) is 22.5 Å². The van der Waals surface area contributed by atoms with Crippen molar-refractivity contribution in [3.05, 3.63) is 40.8 Å². The summed E-state index contributed by atoms with van der Waals surface area (Å²) in [7, 11) is 0. The van der Waals surface area contributed by atoms with E-state index >= 15 is 0 Å². The van der Waals surface area contributed by atoms with Crippen LogP contribution in [0.15, 0.2) is 24.5 Å². The predicted octanol–water partition coefficient (Wildman–Crippen LogP) is 3.67. The molecule has 1 aromatic carbocycles. The number of carboxylic acid groups (broad SMARTS) is 1. The Balaban J connectivity index is 2.03. The lowest BCUT2D eigenvalue weighted by molar-refractivity contribution is -0.0351. The Morgan fingerprint density at radius 1 is 1.38 bits per heavy atom. The van der Waals surface area contributed by atoms with E-state index in [9.17, 15) is 19.1 Å². The number of nitrogens with one attached hydrogen (secondary N) is 1. The number of hydrogen-bond acceptors (Lipinski definition) is 7. The van der Waals surface area contributed by atoms with Crippen LogP contribution in [0.2, 0.25) is 0 Å². The second-order valence-electron chi connectivity index (χ2n) is 6.06. The molecule has 3 rings (SSSR count). The van der Waals surface area contributed by atoms with E-state index in [1.54, 1.807) is 13.8 Å². The molecule has 29 heavy (non-hydrogen) atoms. The van der Waals surface area contributed by atoms with E-state index in [1.165, 1.54) is 18.5 Å². The van der Waals surface area contributed by atoms with Crippen molar-refractivity contribution in [2.45, 2.75) is 20.3 Å². The minimum Gasteiger partial charge on any atom is -0.463 e. The number of hydrogen-bond donors (Lipinski definition) is 3. The van der Waals surface area contributed by atoms with E-state index in [0.29, 0.717) is 38.6 Å². The summed E-state index contributed by atoms with van der Waals surface area (Å²) in [5.74, 6) is -0.845. The monoisotopic (exact) mass is 419 g/mol.